The maximum atomic E-state index is 11.7. The Morgan fingerprint density at radius 1 is 1.31 bits per heavy atom. The van der Waals surface area contributed by atoms with Crippen LogP contribution in [0.5, 0.6) is 0 Å². The molecule has 1 N–H and O–H groups in total. The summed E-state index contributed by atoms with van der Waals surface area (Å²) in [6, 6.07) is 7.84. The van der Waals surface area contributed by atoms with Gasteiger partial charge in [0.1, 0.15) is 5.69 Å². The molecule has 1 aromatic carbocycles. The van der Waals surface area contributed by atoms with Crippen molar-refractivity contribution in [3.05, 3.63) is 40.0 Å². The van der Waals surface area contributed by atoms with E-state index in [1.807, 2.05) is 24.3 Å². The van der Waals surface area contributed by atoms with E-state index in [2.05, 4.69) is 26.1 Å². The number of halogens is 1. The van der Waals surface area contributed by atoms with Gasteiger partial charge in [0.2, 0.25) is 0 Å². The largest absolute Gasteiger partial charge is 0.294 e. The van der Waals surface area contributed by atoms with Gasteiger partial charge in [-0.3, -0.25) is 9.89 Å². The van der Waals surface area contributed by atoms with Gasteiger partial charge in [0.15, 0.2) is 5.78 Å². The van der Waals surface area contributed by atoms with E-state index in [1.165, 1.54) is 0 Å². The number of carbonyl (C=O) groups excluding carboxylic acids is 1. The highest BCUT2D eigenvalue weighted by Gasteiger charge is 2.26. The first-order valence-electron chi connectivity index (χ1n) is 5.12. The number of hydrogen-bond acceptors (Lipinski definition) is 2. The fraction of sp³-hybridized carbons (Fsp3) is 0.167. The van der Waals surface area contributed by atoms with Crippen molar-refractivity contribution in [3.8, 4) is 11.3 Å². The summed E-state index contributed by atoms with van der Waals surface area (Å²) in [7, 11) is 0. The van der Waals surface area contributed by atoms with Crippen molar-refractivity contribution < 1.29 is 4.79 Å². The molecule has 1 aliphatic rings. The molecule has 16 heavy (non-hydrogen) atoms. The number of rotatable bonds is 1. The molecule has 1 aliphatic carbocycles. The van der Waals surface area contributed by atoms with Gasteiger partial charge < -0.3 is 0 Å². The van der Waals surface area contributed by atoms with E-state index in [0.29, 0.717) is 6.42 Å². The molecule has 1 heterocycles. The highest BCUT2D eigenvalue weighted by Crippen LogP contribution is 2.31. The van der Waals surface area contributed by atoms with Crippen LogP contribution in [0.2, 0.25) is 0 Å². The maximum absolute atomic E-state index is 11.7. The Bertz CT molecular complexity index is 574. The summed E-state index contributed by atoms with van der Waals surface area (Å²) < 4.78 is 0.993. The van der Waals surface area contributed by atoms with E-state index in [-0.39, 0.29) is 5.78 Å². The third kappa shape index (κ3) is 1.41. The van der Waals surface area contributed by atoms with E-state index in [1.54, 1.807) is 0 Å². The number of Topliss-reactive ketones (excluding diaryl/α,β-unsaturated/α-hetero) is 1. The standard InChI is InChI=1S/C12H9BrN2O/c13-8-3-1-2-7(6-8)12-11-9(14-15-12)4-5-10(11)16/h1-3,6H,4-5H2,(H,14,15). The predicted molar refractivity (Wildman–Crippen MR) is 64.4 cm³/mol. The number of benzene rings is 1. The van der Waals surface area contributed by atoms with E-state index in [4.69, 9.17) is 0 Å². The Morgan fingerprint density at radius 3 is 3.00 bits per heavy atom. The van der Waals surface area contributed by atoms with Crippen LogP contribution in [0.1, 0.15) is 22.5 Å². The summed E-state index contributed by atoms with van der Waals surface area (Å²) in [5, 5.41) is 7.18. The highest BCUT2D eigenvalue weighted by molar-refractivity contribution is 9.10. The second-order valence-electron chi connectivity index (χ2n) is 3.86. The molecule has 4 heteroatoms. The number of nitrogens with zero attached hydrogens (tertiary/aromatic N) is 1. The van der Waals surface area contributed by atoms with Crippen LogP contribution in [-0.4, -0.2) is 16.0 Å². The van der Waals surface area contributed by atoms with E-state index < -0.39 is 0 Å². The Labute approximate surface area is 101 Å². The summed E-state index contributed by atoms with van der Waals surface area (Å²) in [6.45, 7) is 0. The topological polar surface area (TPSA) is 45.8 Å². The summed E-state index contributed by atoms with van der Waals surface area (Å²) in [6.07, 6.45) is 1.39. The zero-order chi connectivity index (χ0) is 11.1. The molecule has 0 unspecified atom stereocenters. The van der Waals surface area contributed by atoms with Crippen LogP contribution in [0.25, 0.3) is 11.3 Å². The van der Waals surface area contributed by atoms with Crippen LogP contribution in [0.15, 0.2) is 28.7 Å². The molecule has 0 atom stereocenters. The predicted octanol–water partition coefficient (Wildman–Crippen LogP) is 2.97. The third-order valence-electron chi connectivity index (χ3n) is 2.82. The Kier molecular flexibility index (Phi) is 2.17. The number of fused-ring (bicyclic) bond motifs is 1. The van der Waals surface area contributed by atoms with Gasteiger partial charge in [0.05, 0.1) is 5.56 Å². The number of H-pyrrole nitrogens is 1. The van der Waals surface area contributed by atoms with Crippen LogP contribution >= 0.6 is 15.9 Å². The molecule has 0 bridgehead atoms. The van der Waals surface area contributed by atoms with Crippen molar-refractivity contribution in [3.63, 3.8) is 0 Å². The number of aromatic amines is 1. The van der Waals surface area contributed by atoms with Crippen molar-refractivity contribution in [1.82, 2.24) is 10.2 Å². The molecule has 1 aromatic heterocycles. The summed E-state index contributed by atoms with van der Waals surface area (Å²) >= 11 is 3.42. The smallest absolute Gasteiger partial charge is 0.167 e. The lowest BCUT2D eigenvalue weighted by molar-refractivity contribution is 0.0995. The SMILES string of the molecule is O=C1CCc2[nH]nc(-c3cccc(Br)c3)c21. The van der Waals surface area contributed by atoms with E-state index in [0.717, 1.165) is 33.4 Å². The normalized spacial score (nSPS) is 14.2. The number of ketones is 1. The lowest BCUT2D eigenvalue weighted by atomic mass is 10.1. The molecule has 0 fully saturated rings. The molecule has 0 spiro atoms. The van der Waals surface area contributed by atoms with Gasteiger partial charge in [-0.05, 0) is 18.6 Å². The monoisotopic (exact) mass is 276 g/mol. The number of aryl methyl sites for hydroxylation is 1. The van der Waals surface area contributed by atoms with Gasteiger partial charge >= 0.3 is 0 Å². The minimum absolute atomic E-state index is 0.193. The zero-order valence-corrected chi connectivity index (χ0v) is 10.0. The number of aromatic nitrogens is 2. The summed E-state index contributed by atoms with van der Waals surface area (Å²) in [5.41, 5.74) is 3.50. The second-order valence-corrected chi connectivity index (χ2v) is 4.77. The average molecular weight is 277 g/mol. The van der Waals surface area contributed by atoms with Crippen molar-refractivity contribution in [2.75, 3.05) is 0 Å². The molecular weight excluding hydrogens is 268 g/mol. The Balaban J connectivity index is 2.18. The van der Waals surface area contributed by atoms with E-state index in [9.17, 15) is 4.79 Å². The summed E-state index contributed by atoms with van der Waals surface area (Å²) in [4.78, 5) is 11.7. The zero-order valence-electron chi connectivity index (χ0n) is 8.46. The molecule has 0 saturated heterocycles. The molecule has 3 nitrogen and oxygen atoms in total. The second kappa shape index (κ2) is 3.56. The minimum atomic E-state index is 0.193. The maximum Gasteiger partial charge on any atom is 0.167 e. The van der Waals surface area contributed by atoms with Crippen molar-refractivity contribution in [1.29, 1.82) is 0 Å². The fourth-order valence-corrected chi connectivity index (χ4v) is 2.47. The van der Waals surface area contributed by atoms with Gasteiger partial charge in [-0.15, -0.1) is 0 Å². The first-order valence-corrected chi connectivity index (χ1v) is 5.91. The Morgan fingerprint density at radius 2 is 2.19 bits per heavy atom. The molecule has 0 aliphatic heterocycles. The number of nitrogens with one attached hydrogen (secondary N) is 1. The lowest BCUT2D eigenvalue weighted by Crippen LogP contribution is -1.93. The first-order chi connectivity index (χ1) is 7.75. The number of carbonyl (C=O) groups is 1. The van der Waals surface area contributed by atoms with E-state index >= 15 is 0 Å². The van der Waals surface area contributed by atoms with Gasteiger partial charge in [-0.25, -0.2) is 0 Å². The van der Waals surface area contributed by atoms with Crippen LogP contribution in [0, 0.1) is 0 Å². The third-order valence-corrected chi connectivity index (χ3v) is 3.31. The molecule has 2 aromatic rings. The highest BCUT2D eigenvalue weighted by atomic mass is 79.9. The Hall–Kier alpha value is -1.42. The average Bonchev–Trinajstić information content (AvgIpc) is 2.82. The molecule has 0 amide bonds. The quantitative estimate of drug-likeness (QED) is 0.871. The van der Waals surface area contributed by atoms with Gasteiger partial charge in [0, 0.05) is 22.2 Å². The van der Waals surface area contributed by atoms with Gasteiger partial charge in [0.25, 0.3) is 0 Å². The minimum Gasteiger partial charge on any atom is -0.294 e. The van der Waals surface area contributed by atoms with Gasteiger partial charge in [-0.1, -0.05) is 28.1 Å². The number of hydrogen-bond donors (Lipinski definition) is 1. The fourth-order valence-electron chi connectivity index (χ4n) is 2.07. The van der Waals surface area contributed by atoms with Crippen molar-refractivity contribution in [2.24, 2.45) is 0 Å². The first kappa shape index (κ1) is 9.78. The van der Waals surface area contributed by atoms with Gasteiger partial charge in [-0.2, -0.15) is 5.10 Å². The molecule has 0 saturated carbocycles. The van der Waals surface area contributed by atoms with Crippen LogP contribution < -0.4 is 0 Å². The lowest BCUT2D eigenvalue weighted by Gasteiger charge is -1.99. The molecule has 80 valence electrons. The molecule has 3 rings (SSSR count). The van der Waals surface area contributed by atoms with Crippen molar-refractivity contribution in [2.45, 2.75) is 12.8 Å². The molecule has 0 radical (unpaired) electrons. The van der Waals surface area contributed by atoms with Crippen LogP contribution in [-0.2, 0) is 6.42 Å². The van der Waals surface area contributed by atoms with Crippen molar-refractivity contribution >= 4 is 21.7 Å². The summed E-state index contributed by atoms with van der Waals surface area (Å²) in [5.74, 6) is 0.193. The molecular formula is C12H9BrN2O. The van der Waals surface area contributed by atoms with Crippen LogP contribution in [0.4, 0.5) is 0 Å². The van der Waals surface area contributed by atoms with Crippen LogP contribution in [0.3, 0.4) is 0 Å².